The van der Waals surface area contributed by atoms with Gasteiger partial charge in [-0.15, -0.1) is 0 Å². The summed E-state index contributed by atoms with van der Waals surface area (Å²) in [6, 6.07) is 0.316. The number of carbonyl (C=O) groups is 1. The van der Waals surface area contributed by atoms with Crippen molar-refractivity contribution in [1.29, 1.82) is 0 Å². The summed E-state index contributed by atoms with van der Waals surface area (Å²) in [5.41, 5.74) is 0.153. The first kappa shape index (κ1) is 23.5. The van der Waals surface area contributed by atoms with Crippen molar-refractivity contribution in [2.45, 2.75) is 131 Å². The molecule has 1 amide bonds. The molecule has 0 bridgehead atoms. The van der Waals surface area contributed by atoms with Gasteiger partial charge in [-0.25, -0.2) is 0 Å². The molecule has 0 aliphatic carbocycles. The molecule has 144 valence electrons. The Morgan fingerprint density at radius 2 is 1.21 bits per heavy atom. The van der Waals surface area contributed by atoms with Gasteiger partial charge in [0.15, 0.2) is 0 Å². The van der Waals surface area contributed by atoms with E-state index in [0.717, 1.165) is 12.8 Å². The minimum absolute atomic E-state index is 0.153. The number of unbranched alkanes of at least 4 members (excludes halogenated alkanes) is 10. The maximum Gasteiger partial charge on any atom is 0.220 e. The molecule has 0 aliphatic rings. The molecule has 24 heavy (non-hydrogen) atoms. The predicted octanol–water partition coefficient (Wildman–Crippen LogP) is 7.02. The number of nitrogens with one attached hydrogen (secondary N) is 1. The summed E-state index contributed by atoms with van der Waals surface area (Å²) < 4.78 is 0. The minimum Gasteiger partial charge on any atom is -0.353 e. The number of carbonyl (C=O) groups excluding carboxylic acids is 1. The van der Waals surface area contributed by atoms with E-state index in [1.54, 1.807) is 0 Å². The Bertz CT molecular complexity index is 293. The zero-order valence-corrected chi connectivity index (χ0v) is 17.4. The van der Waals surface area contributed by atoms with E-state index in [1.807, 2.05) is 0 Å². The van der Waals surface area contributed by atoms with E-state index in [9.17, 15) is 4.79 Å². The highest BCUT2D eigenvalue weighted by Crippen LogP contribution is 2.24. The van der Waals surface area contributed by atoms with Gasteiger partial charge in [-0.05, 0) is 18.3 Å². The van der Waals surface area contributed by atoms with Crippen molar-refractivity contribution in [3.8, 4) is 0 Å². The lowest BCUT2D eigenvalue weighted by molar-refractivity contribution is -0.122. The van der Waals surface area contributed by atoms with Crippen LogP contribution in [-0.2, 0) is 4.79 Å². The Labute approximate surface area is 152 Å². The van der Waals surface area contributed by atoms with Gasteiger partial charge in [-0.2, -0.15) is 0 Å². The summed E-state index contributed by atoms with van der Waals surface area (Å²) in [5, 5.41) is 3.32. The largest absolute Gasteiger partial charge is 0.353 e. The van der Waals surface area contributed by atoms with Gasteiger partial charge in [0.2, 0.25) is 5.91 Å². The van der Waals surface area contributed by atoms with E-state index >= 15 is 0 Å². The van der Waals surface area contributed by atoms with Gasteiger partial charge < -0.3 is 5.32 Å². The number of rotatable bonds is 15. The van der Waals surface area contributed by atoms with Gasteiger partial charge in [0.1, 0.15) is 0 Å². The lowest BCUT2D eigenvalue weighted by atomic mass is 9.83. The molecule has 0 spiro atoms. The molecule has 0 fully saturated rings. The normalized spacial score (nSPS) is 13.0. The van der Waals surface area contributed by atoms with Gasteiger partial charge in [0.25, 0.3) is 0 Å². The van der Waals surface area contributed by atoms with Crippen molar-refractivity contribution in [2.75, 3.05) is 0 Å². The molecule has 0 heterocycles. The van der Waals surface area contributed by atoms with Crippen LogP contribution >= 0.6 is 0 Å². The fourth-order valence-corrected chi connectivity index (χ4v) is 3.18. The molecular formula is C22H45NO. The van der Waals surface area contributed by atoms with Gasteiger partial charge in [0, 0.05) is 12.5 Å². The molecule has 0 aromatic carbocycles. The van der Waals surface area contributed by atoms with Crippen LogP contribution in [0.3, 0.4) is 0 Å². The Morgan fingerprint density at radius 3 is 1.71 bits per heavy atom. The summed E-state index contributed by atoms with van der Waals surface area (Å²) in [7, 11) is 0. The van der Waals surface area contributed by atoms with E-state index in [4.69, 9.17) is 0 Å². The van der Waals surface area contributed by atoms with Crippen molar-refractivity contribution < 1.29 is 4.79 Å². The van der Waals surface area contributed by atoms with Crippen LogP contribution in [0.2, 0.25) is 0 Å². The highest BCUT2D eigenvalue weighted by Gasteiger charge is 2.25. The van der Waals surface area contributed by atoms with E-state index in [2.05, 4.69) is 39.9 Å². The zero-order chi connectivity index (χ0) is 18.3. The summed E-state index contributed by atoms with van der Waals surface area (Å²) in [6.45, 7) is 11.2. The molecule has 0 aromatic rings. The number of hydrogen-bond donors (Lipinski definition) is 1. The van der Waals surface area contributed by atoms with E-state index in [-0.39, 0.29) is 11.3 Å². The standard InChI is InChI=1S/C22H45NO/c1-6-8-10-12-13-15-17-19-21(24)23-20(22(3,4)5)18-16-14-11-9-7-2/h20H,6-19H2,1-5H3,(H,23,24). The second-order valence-corrected chi connectivity index (χ2v) is 8.56. The summed E-state index contributed by atoms with van der Waals surface area (Å²) in [5.74, 6) is 0.261. The Kier molecular flexibility index (Phi) is 14.5. The molecule has 0 saturated heterocycles. The second kappa shape index (κ2) is 14.8. The highest BCUT2D eigenvalue weighted by atomic mass is 16.1. The molecule has 1 unspecified atom stereocenters. The molecule has 0 rings (SSSR count). The van der Waals surface area contributed by atoms with Crippen molar-refractivity contribution in [3.63, 3.8) is 0 Å². The molecule has 0 saturated carbocycles. The molecule has 0 aliphatic heterocycles. The fourth-order valence-electron chi connectivity index (χ4n) is 3.18. The SMILES string of the molecule is CCCCCCCCCC(=O)NC(CCCCCCC)C(C)(C)C. The van der Waals surface area contributed by atoms with Crippen LogP contribution in [0.4, 0.5) is 0 Å². The van der Waals surface area contributed by atoms with Crippen LogP contribution < -0.4 is 5.32 Å². The van der Waals surface area contributed by atoms with Crippen LogP contribution in [0, 0.1) is 5.41 Å². The zero-order valence-electron chi connectivity index (χ0n) is 17.4. The molecule has 0 radical (unpaired) electrons. The van der Waals surface area contributed by atoms with Gasteiger partial charge in [0.05, 0.1) is 0 Å². The van der Waals surface area contributed by atoms with E-state index < -0.39 is 0 Å². The average molecular weight is 340 g/mol. The molecule has 1 N–H and O–H groups in total. The molecule has 2 nitrogen and oxygen atoms in total. The number of amides is 1. The van der Waals surface area contributed by atoms with E-state index in [0.29, 0.717) is 12.5 Å². The Morgan fingerprint density at radius 1 is 0.750 bits per heavy atom. The summed E-state index contributed by atoms with van der Waals surface area (Å²) in [6.07, 6.45) is 17.2. The summed E-state index contributed by atoms with van der Waals surface area (Å²) in [4.78, 5) is 12.3. The quantitative estimate of drug-likeness (QED) is 0.319. The second-order valence-electron chi connectivity index (χ2n) is 8.56. The van der Waals surface area contributed by atoms with Crippen molar-refractivity contribution in [1.82, 2.24) is 5.32 Å². The van der Waals surface area contributed by atoms with Crippen LogP contribution in [0.1, 0.15) is 125 Å². The van der Waals surface area contributed by atoms with Crippen molar-refractivity contribution in [3.05, 3.63) is 0 Å². The molecule has 2 heteroatoms. The van der Waals surface area contributed by atoms with Crippen LogP contribution in [-0.4, -0.2) is 11.9 Å². The Balaban J connectivity index is 3.91. The third-order valence-electron chi connectivity index (χ3n) is 4.98. The van der Waals surface area contributed by atoms with Crippen LogP contribution in [0.15, 0.2) is 0 Å². The lowest BCUT2D eigenvalue weighted by Crippen LogP contribution is -2.43. The highest BCUT2D eigenvalue weighted by molar-refractivity contribution is 5.76. The van der Waals surface area contributed by atoms with Crippen LogP contribution in [0.25, 0.3) is 0 Å². The van der Waals surface area contributed by atoms with Gasteiger partial charge >= 0.3 is 0 Å². The van der Waals surface area contributed by atoms with Crippen molar-refractivity contribution in [2.24, 2.45) is 5.41 Å². The Hall–Kier alpha value is -0.530. The molecular weight excluding hydrogens is 294 g/mol. The van der Waals surface area contributed by atoms with Gasteiger partial charge in [-0.3, -0.25) is 4.79 Å². The first-order valence-corrected chi connectivity index (χ1v) is 10.7. The maximum absolute atomic E-state index is 12.3. The van der Waals surface area contributed by atoms with E-state index in [1.165, 1.54) is 70.6 Å². The average Bonchev–Trinajstić information content (AvgIpc) is 2.51. The molecule has 1 atom stereocenters. The third-order valence-corrected chi connectivity index (χ3v) is 4.98. The lowest BCUT2D eigenvalue weighted by Gasteiger charge is -2.31. The third kappa shape index (κ3) is 13.9. The predicted molar refractivity (Wildman–Crippen MR) is 107 cm³/mol. The number of hydrogen-bond acceptors (Lipinski definition) is 1. The summed E-state index contributed by atoms with van der Waals surface area (Å²) >= 11 is 0. The smallest absolute Gasteiger partial charge is 0.220 e. The monoisotopic (exact) mass is 339 g/mol. The fraction of sp³-hybridized carbons (Fsp3) is 0.955. The van der Waals surface area contributed by atoms with Crippen LogP contribution in [0.5, 0.6) is 0 Å². The molecule has 0 aromatic heterocycles. The topological polar surface area (TPSA) is 29.1 Å². The maximum atomic E-state index is 12.3. The van der Waals surface area contributed by atoms with Gasteiger partial charge in [-0.1, -0.05) is 105 Å². The first-order chi connectivity index (χ1) is 11.4. The van der Waals surface area contributed by atoms with Crippen molar-refractivity contribution >= 4 is 5.91 Å². The minimum atomic E-state index is 0.153. The first-order valence-electron chi connectivity index (χ1n) is 10.7.